The van der Waals surface area contributed by atoms with Crippen molar-refractivity contribution in [2.75, 3.05) is 32.1 Å². The quantitative estimate of drug-likeness (QED) is 0.0140. The zero-order valence-corrected chi connectivity index (χ0v) is 49.3. The van der Waals surface area contributed by atoms with E-state index >= 15 is 0 Å². The van der Waals surface area contributed by atoms with E-state index in [2.05, 4.69) is 49.5 Å². The SMILES string of the molecule is C/C=C1/NC(=O)C([C@H](C)O)NC(=O)[C@H](CCN)NC(=O)C([C@H](O)C(=O)O)NC(=O)C(CCCCN)NC(=O)[C@H](CC(=O)O)NC(=O)C(CCN)NC(=O)C(NC(=O)C[C@H](O)CCCCCCCCCCCCC)COC(=O)C([C@H](O)CCl)NC1=O. The van der Waals surface area contributed by atoms with E-state index < -0.39 is 188 Å². The van der Waals surface area contributed by atoms with Gasteiger partial charge in [-0.25, -0.2) is 9.59 Å². The molecule has 85 heavy (non-hydrogen) atoms. The Morgan fingerprint density at radius 1 is 0.612 bits per heavy atom. The van der Waals surface area contributed by atoms with Crippen molar-refractivity contribution in [1.29, 1.82) is 0 Å². The molecule has 31 nitrogen and oxygen atoms in total. The van der Waals surface area contributed by atoms with Crippen LogP contribution >= 0.6 is 11.6 Å². The number of aliphatic carboxylic acids is 2. The van der Waals surface area contributed by atoms with Crippen LogP contribution < -0.4 is 65.1 Å². The number of nitrogens with one attached hydrogen (secondary N) is 9. The van der Waals surface area contributed by atoms with Gasteiger partial charge in [-0.15, -0.1) is 11.6 Å². The van der Waals surface area contributed by atoms with Crippen LogP contribution in [0.25, 0.3) is 0 Å². The molecule has 1 aliphatic rings. The topological polar surface area (TPSA) is 522 Å². The number of aliphatic hydroxyl groups excluding tert-OH is 4. The molecule has 6 unspecified atom stereocenters. The predicted octanol–water partition coefficient (Wildman–Crippen LogP) is -4.38. The van der Waals surface area contributed by atoms with Crippen LogP contribution in [0.3, 0.4) is 0 Å². The number of cyclic esters (lactones) is 1. The third-order valence-electron chi connectivity index (χ3n) is 13.5. The summed E-state index contributed by atoms with van der Waals surface area (Å²) in [6, 6.07) is -16.0. The molecule has 0 spiro atoms. The van der Waals surface area contributed by atoms with E-state index in [-0.39, 0.29) is 45.3 Å². The first-order chi connectivity index (χ1) is 40.3. The molecule has 0 aromatic heterocycles. The number of hydrogen-bond donors (Lipinski definition) is 18. The van der Waals surface area contributed by atoms with E-state index in [1.165, 1.54) is 26.2 Å². The molecule has 1 saturated heterocycles. The molecule has 484 valence electrons. The van der Waals surface area contributed by atoms with Crippen LogP contribution in [0, 0.1) is 0 Å². The van der Waals surface area contributed by atoms with E-state index in [0.29, 0.717) is 6.42 Å². The summed E-state index contributed by atoms with van der Waals surface area (Å²) in [6.07, 6.45) is 2.08. The van der Waals surface area contributed by atoms with Crippen LogP contribution in [0.15, 0.2) is 11.8 Å². The summed E-state index contributed by atoms with van der Waals surface area (Å²) in [6.45, 7) is 2.61. The van der Waals surface area contributed by atoms with E-state index in [9.17, 15) is 88.2 Å². The van der Waals surface area contributed by atoms with E-state index in [0.717, 1.165) is 57.9 Å². The number of ether oxygens (including phenoxy) is 1. The van der Waals surface area contributed by atoms with Crippen LogP contribution in [0.2, 0.25) is 0 Å². The van der Waals surface area contributed by atoms with Gasteiger partial charge in [0.05, 0.1) is 37.0 Å². The van der Waals surface area contributed by atoms with Crippen LogP contribution in [-0.4, -0.2) is 207 Å². The minimum absolute atomic E-state index is 0.0457. The van der Waals surface area contributed by atoms with Crippen molar-refractivity contribution >= 4 is 82.7 Å². The second-order valence-electron chi connectivity index (χ2n) is 20.6. The minimum Gasteiger partial charge on any atom is -0.481 e. The molecule has 0 bridgehead atoms. The summed E-state index contributed by atoms with van der Waals surface area (Å²) in [5, 5.41) is 82.3. The Hall–Kier alpha value is -6.61. The van der Waals surface area contributed by atoms with Crippen LogP contribution in [0.5, 0.6) is 0 Å². The molecule has 0 radical (unpaired) electrons. The molecular formula is C53H91ClN12O19. The number of hydrogen-bond acceptors (Lipinski definition) is 20. The van der Waals surface area contributed by atoms with E-state index in [1.54, 1.807) is 0 Å². The average molecular weight is 1240 g/mol. The fraction of sp³-hybridized carbons (Fsp3) is 0.736. The summed E-state index contributed by atoms with van der Waals surface area (Å²) < 4.78 is 5.35. The number of allylic oxidation sites excluding steroid dienone is 1. The lowest BCUT2D eigenvalue weighted by atomic mass is 10.0. The lowest BCUT2D eigenvalue weighted by molar-refractivity contribution is -0.153. The number of carbonyl (C=O) groups excluding carboxylic acids is 10. The van der Waals surface area contributed by atoms with Gasteiger partial charge in [0.1, 0.15) is 54.6 Å². The van der Waals surface area contributed by atoms with Gasteiger partial charge in [0, 0.05) is 0 Å². The summed E-state index contributed by atoms with van der Waals surface area (Å²) >= 11 is 5.90. The maximum absolute atomic E-state index is 14.2. The number of halogens is 1. The number of carboxylic acids is 2. The van der Waals surface area contributed by atoms with Crippen molar-refractivity contribution in [2.45, 2.75) is 216 Å². The highest BCUT2D eigenvalue weighted by molar-refractivity contribution is 6.18. The van der Waals surface area contributed by atoms with Gasteiger partial charge in [0.15, 0.2) is 12.1 Å². The van der Waals surface area contributed by atoms with E-state index in [4.69, 9.17) is 33.5 Å². The molecule has 0 saturated carbocycles. The van der Waals surface area contributed by atoms with Gasteiger partial charge < -0.3 is 100 Å². The molecule has 1 rings (SSSR count). The van der Waals surface area contributed by atoms with Gasteiger partial charge in [-0.05, 0) is 72.0 Å². The molecule has 21 N–H and O–H groups in total. The van der Waals surface area contributed by atoms with Gasteiger partial charge >= 0.3 is 17.9 Å². The highest BCUT2D eigenvalue weighted by Gasteiger charge is 2.40. The van der Waals surface area contributed by atoms with Gasteiger partial charge in [0.2, 0.25) is 47.3 Å². The number of carboxylic acid groups (broad SMARTS) is 2. The highest BCUT2D eigenvalue weighted by Crippen LogP contribution is 2.15. The Morgan fingerprint density at radius 3 is 1.61 bits per heavy atom. The standard InChI is InChI=1S/C53H91ClN12O19/c1-4-6-7-8-9-10-11-12-13-14-15-18-30(68)25-38(70)58-36-28-85-53(84)41(37(69)27-54)65-44(74)31(5-2)59-50(80)40(29(3)67)64-47(77)34(21-24-57)62-51(81)42(43(73)52(82)83)66-46(76)32(19-16-17-22-55)60-48(78)35(26-39(71)72)63-45(75)33(20-23-56)61-49(36)79/h5,29-30,32-37,40-43,67-69,73H,4,6-28,55-57H2,1-3H3,(H,58,70)(H,59,80)(H,60,78)(H,61,79)(H,62,81)(H,63,75)(H,64,77)(H,65,74)(H,66,76)(H,71,72)(H,82,83)/b31-5+/t29-,30+,32?,33?,34-,35-,36?,37+,40?,41?,42?,43-/m0/s1. The van der Waals surface area contributed by atoms with Crippen LogP contribution in [0.4, 0.5) is 0 Å². The van der Waals surface area contributed by atoms with Gasteiger partial charge in [-0.1, -0.05) is 83.6 Å². The zero-order valence-electron chi connectivity index (χ0n) is 48.6. The smallest absolute Gasteiger partial charge is 0.335 e. The number of rotatable bonds is 30. The second-order valence-corrected chi connectivity index (χ2v) is 20.9. The number of aliphatic hydroxyl groups is 4. The number of carbonyl (C=O) groups is 12. The fourth-order valence-electron chi connectivity index (χ4n) is 8.58. The molecule has 0 aromatic rings. The van der Waals surface area contributed by atoms with Crippen molar-refractivity contribution < 1.29 is 92.9 Å². The Labute approximate surface area is 498 Å². The first kappa shape index (κ1) is 76.4. The lowest BCUT2D eigenvalue weighted by Crippen LogP contribution is -2.63. The van der Waals surface area contributed by atoms with Crippen LogP contribution in [0.1, 0.15) is 143 Å². The maximum Gasteiger partial charge on any atom is 0.335 e. The maximum atomic E-state index is 14.2. The van der Waals surface area contributed by atoms with E-state index in [1.807, 2.05) is 5.32 Å². The first-order valence-corrected chi connectivity index (χ1v) is 29.2. The van der Waals surface area contributed by atoms with Gasteiger partial charge in [-0.3, -0.25) is 47.9 Å². The van der Waals surface area contributed by atoms with Gasteiger partial charge in [-0.2, -0.15) is 0 Å². The third-order valence-corrected chi connectivity index (χ3v) is 13.8. The molecule has 12 atom stereocenters. The molecule has 1 heterocycles. The van der Waals surface area contributed by atoms with Crippen molar-refractivity contribution in [3.63, 3.8) is 0 Å². The molecule has 9 amide bonds. The second kappa shape index (κ2) is 42.2. The summed E-state index contributed by atoms with van der Waals surface area (Å²) in [5.41, 5.74) is 16.5. The monoisotopic (exact) mass is 1230 g/mol. The summed E-state index contributed by atoms with van der Waals surface area (Å²) in [5.74, 6) is -17.6. The summed E-state index contributed by atoms with van der Waals surface area (Å²) in [4.78, 5) is 163. The largest absolute Gasteiger partial charge is 0.481 e. The summed E-state index contributed by atoms with van der Waals surface area (Å²) in [7, 11) is 0. The van der Waals surface area contributed by atoms with Gasteiger partial charge in [0.25, 0.3) is 5.91 Å². The Balaban J connectivity index is 3.93. The highest BCUT2D eigenvalue weighted by atomic mass is 35.5. The average Bonchev–Trinajstić information content (AvgIpc) is 3.46. The number of nitrogens with two attached hydrogens (primary N) is 3. The van der Waals surface area contributed by atoms with Crippen molar-refractivity contribution in [3.8, 4) is 0 Å². The normalized spacial score (nSPS) is 24.2. The zero-order chi connectivity index (χ0) is 64.2. The molecule has 0 aromatic carbocycles. The number of unbranched alkanes of at least 4 members (excludes halogenated alkanes) is 11. The number of amides is 9. The van der Waals surface area contributed by atoms with Crippen molar-refractivity contribution in [1.82, 2.24) is 47.9 Å². The molecule has 1 aliphatic heterocycles. The van der Waals surface area contributed by atoms with Crippen LogP contribution in [-0.2, 0) is 62.3 Å². The molecule has 1 fully saturated rings. The van der Waals surface area contributed by atoms with Crippen molar-refractivity contribution in [2.24, 2.45) is 17.2 Å². The minimum atomic E-state index is -2.77. The molecular weight excluding hydrogens is 1140 g/mol. The third kappa shape index (κ3) is 29.4. The van der Waals surface area contributed by atoms with Crippen molar-refractivity contribution in [3.05, 3.63) is 11.8 Å². The first-order valence-electron chi connectivity index (χ1n) is 28.7. The number of esters is 1. The molecule has 32 heteroatoms. The Morgan fingerprint density at radius 2 is 1.11 bits per heavy atom. The Kier molecular flexibility index (Phi) is 38.0. The predicted molar refractivity (Wildman–Crippen MR) is 305 cm³/mol. The lowest BCUT2D eigenvalue weighted by Gasteiger charge is -2.29. The Bertz CT molecular complexity index is 2230. The number of alkyl halides is 1. The fourth-order valence-corrected chi connectivity index (χ4v) is 8.76. The molecule has 0 aliphatic carbocycles.